The number of hydrogen-bond donors (Lipinski definition) is 2. The highest BCUT2D eigenvalue weighted by molar-refractivity contribution is 14.0. The number of nitrogens with one attached hydrogen (secondary N) is 2. The van der Waals surface area contributed by atoms with Crippen molar-refractivity contribution in [3.63, 3.8) is 0 Å². The van der Waals surface area contributed by atoms with Gasteiger partial charge in [0.05, 0.1) is 0 Å². The quantitative estimate of drug-likeness (QED) is 0.462. The molecular formula is C16H27IN4. The molecule has 0 amide bonds. The van der Waals surface area contributed by atoms with Crippen molar-refractivity contribution >= 4 is 29.9 Å². The van der Waals surface area contributed by atoms with Gasteiger partial charge in [-0.15, -0.1) is 24.0 Å². The van der Waals surface area contributed by atoms with Gasteiger partial charge >= 0.3 is 0 Å². The Balaban J connectivity index is 0.00000220. The van der Waals surface area contributed by atoms with Crippen LogP contribution in [0.4, 0.5) is 0 Å². The highest BCUT2D eigenvalue weighted by Crippen LogP contribution is 2.13. The minimum absolute atomic E-state index is 0. The summed E-state index contributed by atoms with van der Waals surface area (Å²) in [7, 11) is 4.02. The number of benzene rings is 1. The van der Waals surface area contributed by atoms with Crippen LogP contribution >= 0.6 is 24.0 Å². The predicted molar refractivity (Wildman–Crippen MR) is 100 cm³/mol. The van der Waals surface area contributed by atoms with E-state index in [1.807, 2.05) is 7.05 Å². The summed E-state index contributed by atoms with van der Waals surface area (Å²) in [5.74, 6) is 0.881. The van der Waals surface area contributed by atoms with Gasteiger partial charge in [0.2, 0.25) is 0 Å². The van der Waals surface area contributed by atoms with Gasteiger partial charge in [-0.25, -0.2) is 0 Å². The lowest BCUT2D eigenvalue weighted by Crippen LogP contribution is -2.43. The number of guanidine groups is 1. The van der Waals surface area contributed by atoms with Crippen molar-refractivity contribution in [1.29, 1.82) is 0 Å². The molecule has 0 bridgehead atoms. The average molecular weight is 402 g/mol. The number of aliphatic imine (C=N–C) groups is 1. The third-order valence-corrected chi connectivity index (χ3v) is 3.94. The Bertz CT molecular complexity index is 461. The number of nitrogens with zero attached hydrogens (tertiary/aromatic N) is 2. The summed E-state index contributed by atoms with van der Waals surface area (Å²) in [5.41, 5.74) is 2.57. The van der Waals surface area contributed by atoms with Gasteiger partial charge in [0.1, 0.15) is 0 Å². The van der Waals surface area contributed by atoms with Crippen molar-refractivity contribution in [1.82, 2.24) is 15.5 Å². The van der Waals surface area contributed by atoms with Crippen LogP contribution in [0.15, 0.2) is 29.3 Å². The number of hydrogen-bond acceptors (Lipinski definition) is 2. The zero-order valence-corrected chi connectivity index (χ0v) is 15.6. The van der Waals surface area contributed by atoms with Crippen molar-refractivity contribution in [2.24, 2.45) is 4.99 Å². The van der Waals surface area contributed by atoms with Crippen LogP contribution in [0.5, 0.6) is 0 Å². The van der Waals surface area contributed by atoms with Gasteiger partial charge < -0.3 is 15.5 Å². The number of rotatable bonds is 4. The summed E-state index contributed by atoms with van der Waals surface area (Å²) in [6.07, 6.45) is 2.58. The Morgan fingerprint density at radius 1 is 1.38 bits per heavy atom. The fourth-order valence-corrected chi connectivity index (χ4v) is 2.68. The van der Waals surface area contributed by atoms with Crippen LogP contribution in [0, 0.1) is 6.92 Å². The first kappa shape index (κ1) is 18.2. The Morgan fingerprint density at radius 3 is 2.81 bits per heavy atom. The molecule has 4 nitrogen and oxygen atoms in total. The summed E-state index contributed by atoms with van der Waals surface area (Å²) in [4.78, 5) is 6.70. The lowest BCUT2D eigenvalue weighted by molar-refractivity contribution is 0.309. The van der Waals surface area contributed by atoms with E-state index in [0.29, 0.717) is 6.04 Å². The molecule has 0 aliphatic carbocycles. The normalized spacial score (nSPS) is 19.2. The highest BCUT2D eigenvalue weighted by Gasteiger charge is 2.20. The highest BCUT2D eigenvalue weighted by atomic mass is 127. The van der Waals surface area contributed by atoms with Crippen LogP contribution in [0.1, 0.15) is 24.0 Å². The molecule has 1 aliphatic heterocycles. The molecule has 1 saturated heterocycles. The summed E-state index contributed by atoms with van der Waals surface area (Å²) in [6, 6.07) is 9.18. The van der Waals surface area contributed by atoms with Gasteiger partial charge in [0.25, 0.3) is 0 Å². The molecule has 0 spiro atoms. The van der Waals surface area contributed by atoms with Gasteiger partial charge in [-0.3, -0.25) is 4.99 Å². The molecule has 2 rings (SSSR count). The van der Waals surface area contributed by atoms with E-state index in [4.69, 9.17) is 0 Å². The molecule has 118 valence electrons. The Morgan fingerprint density at radius 2 is 2.19 bits per heavy atom. The fraction of sp³-hybridized carbons (Fsp3) is 0.562. The lowest BCUT2D eigenvalue weighted by Gasteiger charge is -2.21. The Hall–Kier alpha value is -0.820. The summed E-state index contributed by atoms with van der Waals surface area (Å²) >= 11 is 0. The monoisotopic (exact) mass is 402 g/mol. The van der Waals surface area contributed by atoms with Crippen molar-refractivity contribution in [3.8, 4) is 0 Å². The molecule has 0 aromatic heterocycles. The van der Waals surface area contributed by atoms with E-state index in [2.05, 4.69) is 58.8 Å². The van der Waals surface area contributed by atoms with Crippen LogP contribution in [0.25, 0.3) is 0 Å². The standard InChI is InChI=1S/C16H26N4.HI/c1-13-6-4-7-14(10-13)11-18-16(17-2)19-12-15-8-5-9-20(15)3;/h4,6-7,10,15H,5,8-9,11-12H2,1-3H3,(H2,17,18,19);1H. The third kappa shape index (κ3) is 5.82. The lowest BCUT2D eigenvalue weighted by atomic mass is 10.1. The van der Waals surface area contributed by atoms with Crippen LogP contribution in [0.3, 0.4) is 0 Å². The first-order valence-electron chi connectivity index (χ1n) is 7.39. The van der Waals surface area contributed by atoms with Gasteiger partial charge in [-0.05, 0) is 38.9 Å². The smallest absolute Gasteiger partial charge is 0.191 e. The topological polar surface area (TPSA) is 39.7 Å². The van der Waals surface area contributed by atoms with Gasteiger partial charge in [0.15, 0.2) is 5.96 Å². The molecule has 1 unspecified atom stereocenters. The Kier molecular flexibility index (Phi) is 8.03. The number of likely N-dealkylation sites (tertiary alicyclic amines) is 1. The van der Waals surface area contributed by atoms with Crippen molar-refractivity contribution in [2.45, 2.75) is 32.4 Å². The van der Waals surface area contributed by atoms with Crippen LogP contribution in [-0.4, -0.2) is 44.1 Å². The molecule has 0 radical (unpaired) electrons. The van der Waals surface area contributed by atoms with Crippen molar-refractivity contribution < 1.29 is 0 Å². The molecule has 5 heteroatoms. The molecule has 1 aliphatic rings. The first-order valence-corrected chi connectivity index (χ1v) is 7.39. The Labute approximate surface area is 145 Å². The van der Waals surface area contributed by atoms with Gasteiger partial charge in [-0.1, -0.05) is 29.8 Å². The molecule has 1 fully saturated rings. The summed E-state index contributed by atoms with van der Waals surface area (Å²) in [5, 5.41) is 6.80. The largest absolute Gasteiger partial charge is 0.355 e. The second kappa shape index (κ2) is 9.25. The first-order chi connectivity index (χ1) is 9.69. The minimum atomic E-state index is 0. The maximum absolute atomic E-state index is 4.29. The van der Waals surface area contributed by atoms with Gasteiger partial charge in [0, 0.05) is 26.2 Å². The number of aryl methyl sites for hydroxylation is 1. The average Bonchev–Trinajstić information content (AvgIpc) is 2.85. The number of halogens is 1. The molecular weight excluding hydrogens is 375 g/mol. The van der Waals surface area contributed by atoms with Crippen LogP contribution in [0.2, 0.25) is 0 Å². The zero-order valence-electron chi connectivity index (χ0n) is 13.2. The second-order valence-corrected chi connectivity index (χ2v) is 5.57. The minimum Gasteiger partial charge on any atom is -0.355 e. The molecule has 1 aromatic carbocycles. The van der Waals surface area contributed by atoms with E-state index in [9.17, 15) is 0 Å². The summed E-state index contributed by atoms with van der Waals surface area (Å²) < 4.78 is 0. The van der Waals surface area contributed by atoms with E-state index in [1.165, 1.54) is 30.5 Å². The van der Waals surface area contributed by atoms with Crippen molar-refractivity contribution in [2.75, 3.05) is 27.2 Å². The zero-order chi connectivity index (χ0) is 14.4. The molecule has 1 heterocycles. The fourth-order valence-electron chi connectivity index (χ4n) is 2.68. The van der Waals surface area contributed by atoms with Gasteiger partial charge in [-0.2, -0.15) is 0 Å². The molecule has 1 atom stereocenters. The number of likely N-dealkylation sites (N-methyl/N-ethyl adjacent to an activating group) is 1. The summed E-state index contributed by atoms with van der Waals surface area (Å²) in [6.45, 7) is 5.10. The van der Waals surface area contributed by atoms with E-state index in [0.717, 1.165) is 19.0 Å². The van der Waals surface area contributed by atoms with E-state index in [-0.39, 0.29) is 24.0 Å². The van der Waals surface area contributed by atoms with E-state index < -0.39 is 0 Å². The van der Waals surface area contributed by atoms with Crippen LogP contribution < -0.4 is 10.6 Å². The SMILES string of the molecule is CN=C(NCc1cccc(C)c1)NCC1CCCN1C.I. The molecule has 0 saturated carbocycles. The molecule has 2 N–H and O–H groups in total. The molecule has 21 heavy (non-hydrogen) atoms. The second-order valence-electron chi connectivity index (χ2n) is 5.57. The van der Waals surface area contributed by atoms with Crippen molar-refractivity contribution in [3.05, 3.63) is 35.4 Å². The predicted octanol–water partition coefficient (Wildman–Crippen LogP) is 2.37. The van der Waals surface area contributed by atoms with Crippen LogP contribution in [-0.2, 0) is 6.54 Å². The molecule has 1 aromatic rings. The maximum atomic E-state index is 4.29. The van der Waals surface area contributed by atoms with E-state index >= 15 is 0 Å². The third-order valence-electron chi connectivity index (χ3n) is 3.94. The van der Waals surface area contributed by atoms with E-state index in [1.54, 1.807) is 0 Å². The maximum Gasteiger partial charge on any atom is 0.191 e.